The number of rotatable bonds is 4. The van der Waals surface area contributed by atoms with Crippen LogP contribution in [0.5, 0.6) is 0 Å². The maximum absolute atomic E-state index is 12.8. The third-order valence-corrected chi connectivity index (χ3v) is 6.30. The van der Waals surface area contributed by atoms with E-state index in [1.807, 2.05) is 30.3 Å². The molecule has 8 heteroatoms. The highest BCUT2D eigenvalue weighted by Gasteiger charge is 2.35. The number of anilines is 1. The lowest BCUT2D eigenvalue weighted by molar-refractivity contribution is -0.113. The molecule has 1 aliphatic rings. The first kappa shape index (κ1) is 18.5. The highest BCUT2D eigenvalue weighted by molar-refractivity contribution is 8.19. The van der Waals surface area contributed by atoms with Crippen molar-refractivity contribution >= 4 is 45.4 Å². The van der Waals surface area contributed by atoms with E-state index in [2.05, 4.69) is 39.4 Å². The largest absolute Gasteiger partial charge is 0.284 e. The van der Waals surface area contributed by atoms with Crippen LogP contribution in [0.25, 0.3) is 28.5 Å². The number of amides is 1. The van der Waals surface area contributed by atoms with Crippen molar-refractivity contribution in [1.29, 1.82) is 5.41 Å². The van der Waals surface area contributed by atoms with E-state index in [4.69, 9.17) is 5.41 Å². The van der Waals surface area contributed by atoms with E-state index in [0.717, 1.165) is 39.7 Å². The molecule has 0 radical (unpaired) electrons. The van der Waals surface area contributed by atoms with Crippen LogP contribution in [0.2, 0.25) is 0 Å². The van der Waals surface area contributed by atoms with Crippen LogP contribution in [-0.4, -0.2) is 26.3 Å². The van der Waals surface area contributed by atoms with Crippen molar-refractivity contribution in [2.75, 3.05) is 4.90 Å². The molecule has 0 bridgehead atoms. The Bertz CT molecular complexity index is 1240. The fourth-order valence-electron chi connectivity index (χ4n) is 3.22. The van der Waals surface area contributed by atoms with Gasteiger partial charge < -0.3 is 0 Å². The van der Waals surface area contributed by atoms with Crippen LogP contribution in [0.1, 0.15) is 5.56 Å². The molecule has 1 aliphatic heterocycles. The smallest absolute Gasteiger partial charge is 0.273 e. The van der Waals surface area contributed by atoms with Gasteiger partial charge in [-0.25, -0.2) is 9.88 Å². The summed E-state index contributed by atoms with van der Waals surface area (Å²) in [5.74, 6) is -0.244. The first-order valence-electron chi connectivity index (χ1n) is 9.12. The predicted octanol–water partition coefficient (Wildman–Crippen LogP) is 5.26. The second-order valence-corrected chi connectivity index (χ2v) is 8.41. The van der Waals surface area contributed by atoms with Gasteiger partial charge in [-0.05, 0) is 29.0 Å². The number of amidine groups is 1. The summed E-state index contributed by atoms with van der Waals surface area (Å²) in [5, 5.41) is 17.9. The van der Waals surface area contributed by atoms with Gasteiger partial charge in [-0.3, -0.25) is 15.3 Å². The van der Waals surface area contributed by atoms with Gasteiger partial charge in [0.1, 0.15) is 0 Å². The molecule has 0 saturated carbocycles. The zero-order chi connectivity index (χ0) is 20.5. The molecule has 146 valence electrons. The number of carbonyl (C=O) groups excluding carboxylic acids is 1. The van der Waals surface area contributed by atoms with Gasteiger partial charge in [0.2, 0.25) is 0 Å². The van der Waals surface area contributed by atoms with E-state index in [1.165, 1.54) is 16.2 Å². The minimum atomic E-state index is -0.244. The molecular formula is C22H15N5OS2. The second-order valence-electron chi connectivity index (χ2n) is 6.50. The normalized spacial score (nSPS) is 15.3. The van der Waals surface area contributed by atoms with Crippen molar-refractivity contribution in [3.05, 3.63) is 82.8 Å². The maximum atomic E-state index is 12.8. The third-order valence-electron chi connectivity index (χ3n) is 4.66. The summed E-state index contributed by atoms with van der Waals surface area (Å²) in [6, 6.07) is 18.4. The summed E-state index contributed by atoms with van der Waals surface area (Å²) in [6.07, 6.45) is 5.16. The van der Waals surface area contributed by atoms with Gasteiger partial charge in [0.25, 0.3) is 5.91 Å². The van der Waals surface area contributed by atoms with Crippen LogP contribution >= 0.6 is 23.1 Å². The van der Waals surface area contributed by atoms with Crippen molar-refractivity contribution in [3.8, 4) is 22.4 Å². The minimum absolute atomic E-state index is 0.151. The quantitative estimate of drug-likeness (QED) is 0.434. The lowest BCUT2D eigenvalue weighted by Gasteiger charge is -2.08. The Morgan fingerprint density at radius 2 is 1.73 bits per heavy atom. The molecule has 30 heavy (non-hydrogen) atoms. The fraction of sp³-hybridized carbons (Fsp3) is 0. The summed E-state index contributed by atoms with van der Waals surface area (Å²) in [5.41, 5.74) is 4.79. The maximum Gasteiger partial charge on any atom is 0.273 e. The van der Waals surface area contributed by atoms with E-state index in [0.29, 0.717) is 10.0 Å². The van der Waals surface area contributed by atoms with Gasteiger partial charge in [0.05, 0.1) is 10.6 Å². The topological polar surface area (TPSA) is 85.7 Å². The molecule has 2 aromatic carbocycles. The number of hydrogen-bond acceptors (Lipinski definition) is 6. The first-order chi connectivity index (χ1) is 14.7. The Kier molecular flexibility index (Phi) is 4.78. The summed E-state index contributed by atoms with van der Waals surface area (Å²) < 4.78 is 0. The number of thiazole rings is 1. The number of carbonyl (C=O) groups is 1. The van der Waals surface area contributed by atoms with Crippen LogP contribution in [0.3, 0.4) is 0 Å². The van der Waals surface area contributed by atoms with Crippen LogP contribution in [0, 0.1) is 5.41 Å². The van der Waals surface area contributed by atoms with Crippen LogP contribution < -0.4 is 4.90 Å². The van der Waals surface area contributed by atoms with Gasteiger partial charge in [-0.1, -0.05) is 54.6 Å². The fourth-order valence-corrected chi connectivity index (χ4v) is 4.76. The summed E-state index contributed by atoms with van der Waals surface area (Å²) >= 11 is 2.46. The van der Waals surface area contributed by atoms with Gasteiger partial charge in [-0.15, -0.1) is 11.3 Å². The standard InChI is InChI=1S/C22H15N5OS2/c23-21-27(22-24-10-11-29-22)20(28)18(30-21)12-17-13-25-26-19(17)16-8-6-15(7-9-16)14-4-2-1-3-5-14/h1-13,23H,(H,25,26)/b18-12-,23-21?. The summed E-state index contributed by atoms with van der Waals surface area (Å²) in [7, 11) is 0. The molecule has 0 atom stereocenters. The molecule has 0 aliphatic carbocycles. The highest BCUT2D eigenvalue weighted by Crippen LogP contribution is 2.37. The molecule has 0 unspecified atom stereocenters. The number of benzene rings is 2. The van der Waals surface area contributed by atoms with Crippen molar-refractivity contribution in [2.45, 2.75) is 0 Å². The van der Waals surface area contributed by atoms with Crippen molar-refractivity contribution in [2.24, 2.45) is 0 Å². The third kappa shape index (κ3) is 3.36. The molecule has 0 spiro atoms. The predicted molar refractivity (Wildman–Crippen MR) is 122 cm³/mol. The molecule has 3 heterocycles. The molecule has 4 aromatic rings. The molecular weight excluding hydrogens is 414 g/mol. The Hall–Kier alpha value is -3.49. The average Bonchev–Trinajstić information content (AvgIpc) is 3.51. The molecule has 1 fully saturated rings. The lowest BCUT2D eigenvalue weighted by Crippen LogP contribution is -2.27. The van der Waals surface area contributed by atoms with E-state index >= 15 is 0 Å². The zero-order valence-corrected chi connectivity index (χ0v) is 17.2. The highest BCUT2D eigenvalue weighted by atomic mass is 32.2. The van der Waals surface area contributed by atoms with Gasteiger partial charge in [0, 0.05) is 28.9 Å². The molecule has 6 nitrogen and oxygen atoms in total. The number of thioether (sulfide) groups is 1. The van der Waals surface area contributed by atoms with Crippen LogP contribution in [0.15, 0.2) is 77.3 Å². The Labute approximate surface area is 180 Å². The lowest BCUT2D eigenvalue weighted by atomic mass is 10.0. The number of H-pyrrole nitrogens is 1. The van der Waals surface area contributed by atoms with Crippen molar-refractivity contribution < 1.29 is 4.79 Å². The van der Waals surface area contributed by atoms with Crippen LogP contribution in [-0.2, 0) is 4.79 Å². The van der Waals surface area contributed by atoms with Gasteiger partial charge in [0.15, 0.2) is 10.3 Å². The number of nitrogens with zero attached hydrogens (tertiary/aromatic N) is 3. The molecule has 1 amide bonds. The Morgan fingerprint density at radius 1 is 1.00 bits per heavy atom. The van der Waals surface area contributed by atoms with E-state index in [9.17, 15) is 4.79 Å². The second kappa shape index (κ2) is 7.74. The summed E-state index contributed by atoms with van der Waals surface area (Å²) in [6.45, 7) is 0. The SMILES string of the molecule is N=C1S/C(=C\c2c[nH]nc2-c2ccc(-c3ccccc3)cc2)C(=O)N1c1nccs1. The first-order valence-corrected chi connectivity index (χ1v) is 10.8. The Balaban J connectivity index is 1.44. The molecule has 2 N–H and O–H groups in total. The number of hydrogen-bond donors (Lipinski definition) is 2. The zero-order valence-electron chi connectivity index (χ0n) is 15.6. The number of aromatic nitrogens is 3. The van der Waals surface area contributed by atoms with E-state index in [-0.39, 0.29) is 11.1 Å². The summed E-state index contributed by atoms with van der Waals surface area (Å²) in [4.78, 5) is 18.8. The van der Waals surface area contributed by atoms with Crippen LogP contribution in [0.4, 0.5) is 5.13 Å². The van der Waals surface area contributed by atoms with E-state index in [1.54, 1.807) is 23.8 Å². The molecule has 1 saturated heterocycles. The van der Waals surface area contributed by atoms with E-state index < -0.39 is 0 Å². The average molecular weight is 430 g/mol. The monoisotopic (exact) mass is 429 g/mol. The Morgan fingerprint density at radius 3 is 2.47 bits per heavy atom. The number of nitrogens with one attached hydrogen (secondary N) is 2. The van der Waals surface area contributed by atoms with Gasteiger partial charge in [-0.2, -0.15) is 5.10 Å². The van der Waals surface area contributed by atoms with Gasteiger partial charge >= 0.3 is 0 Å². The molecule has 5 rings (SSSR count). The number of aromatic amines is 1. The van der Waals surface area contributed by atoms with Crippen molar-refractivity contribution in [1.82, 2.24) is 15.2 Å². The van der Waals surface area contributed by atoms with Crippen molar-refractivity contribution in [3.63, 3.8) is 0 Å². The molecule has 2 aromatic heterocycles. The minimum Gasteiger partial charge on any atom is -0.284 e.